The van der Waals surface area contributed by atoms with Crippen molar-refractivity contribution < 1.29 is 27.9 Å². The van der Waals surface area contributed by atoms with Gasteiger partial charge >= 0.3 is 5.97 Å². The Kier molecular flexibility index (Phi) is 7.83. The Labute approximate surface area is 141 Å². The molecule has 1 rings (SSSR count). The lowest BCUT2D eigenvalue weighted by molar-refractivity contribution is -0.137. The number of aryl methyl sites for hydroxylation is 1. The van der Waals surface area contributed by atoms with Gasteiger partial charge in [0.25, 0.3) is 5.91 Å². The van der Waals surface area contributed by atoms with Gasteiger partial charge in [-0.2, -0.15) is 0 Å². The molecule has 0 aliphatic carbocycles. The molecule has 1 amide bonds. The zero-order valence-electron chi connectivity index (χ0n) is 13.7. The smallest absolute Gasteiger partial charge is 0.303 e. The highest BCUT2D eigenvalue weighted by Crippen LogP contribution is 2.15. The summed E-state index contributed by atoms with van der Waals surface area (Å²) in [6.45, 7) is 2.26. The van der Waals surface area contributed by atoms with E-state index in [1.165, 1.54) is 19.2 Å². The summed E-state index contributed by atoms with van der Waals surface area (Å²) < 4.78 is 31.5. The predicted octanol–water partition coefficient (Wildman–Crippen LogP) is 0.514. The Balaban J connectivity index is 2.81. The molecule has 0 unspecified atom stereocenters. The lowest BCUT2D eigenvalue weighted by Gasteiger charge is -2.11. The van der Waals surface area contributed by atoms with Gasteiger partial charge < -0.3 is 15.2 Å². The van der Waals surface area contributed by atoms with E-state index in [9.17, 15) is 18.0 Å². The van der Waals surface area contributed by atoms with Crippen LogP contribution in [0.2, 0.25) is 0 Å². The molecular weight excluding hydrogens is 336 g/mol. The highest BCUT2D eigenvalue weighted by atomic mass is 32.2. The van der Waals surface area contributed by atoms with Crippen molar-refractivity contribution in [2.24, 2.45) is 0 Å². The number of benzene rings is 1. The first-order valence-corrected chi connectivity index (χ1v) is 8.85. The van der Waals surface area contributed by atoms with Gasteiger partial charge in [-0.1, -0.05) is 6.07 Å². The fourth-order valence-corrected chi connectivity index (χ4v) is 2.95. The van der Waals surface area contributed by atoms with Gasteiger partial charge in [0.05, 0.1) is 11.5 Å². The summed E-state index contributed by atoms with van der Waals surface area (Å²) in [5.74, 6) is -1.37. The number of ether oxygens (including phenoxy) is 1. The molecule has 0 heterocycles. The first-order valence-electron chi connectivity index (χ1n) is 7.37. The van der Waals surface area contributed by atoms with Gasteiger partial charge in [0.2, 0.25) is 10.0 Å². The third-order valence-corrected chi connectivity index (χ3v) is 4.67. The molecule has 9 heteroatoms. The van der Waals surface area contributed by atoms with Crippen LogP contribution in [0.15, 0.2) is 23.1 Å². The van der Waals surface area contributed by atoms with Crippen LogP contribution in [0.3, 0.4) is 0 Å². The fourth-order valence-electron chi connectivity index (χ4n) is 1.91. The van der Waals surface area contributed by atoms with E-state index >= 15 is 0 Å². The summed E-state index contributed by atoms with van der Waals surface area (Å²) in [4.78, 5) is 22.6. The topological polar surface area (TPSA) is 122 Å². The monoisotopic (exact) mass is 358 g/mol. The van der Waals surface area contributed by atoms with Gasteiger partial charge in [-0.3, -0.25) is 9.59 Å². The van der Waals surface area contributed by atoms with Gasteiger partial charge in [0.1, 0.15) is 0 Å². The van der Waals surface area contributed by atoms with Gasteiger partial charge in [-0.25, -0.2) is 13.1 Å². The highest BCUT2D eigenvalue weighted by molar-refractivity contribution is 7.89. The number of methoxy groups -OCH3 is 1. The molecule has 3 N–H and O–H groups in total. The van der Waals surface area contributed by atoms with E-state index in [1.807, 2.05) is 0 Å². The lowest BCUT2D eigenvalue weighted by Crippen LogP contribution is -2.28. The van der Waals surface area contributed by atoms with E-state index in [-0.39, 0.29) is 36.6 Å². The number of rotatable bonds is 10. The molecule has 0 bridgehead atoms. The van der Waals surface area contributed by atoms with Crippen LogP contribution < -0.4 is 10.0 Å². The number of hydrogen-bond donors (Lipinski definition) is 3. The molecular formula is C15H22N2O6S. The average molecular weight is 358 g/mol. The van der Waals surface area contributed by atoms with E-state index in [0.29, 0.717) is 12.0 Å². The summed E-state index contributed by atoms with van der Waals surface area (Å²) in [6, 6.07) is 4.28. The van der Waals surface area contributed by atoms with E-state index in [0.717, 1.165) is 0 Å². The normalized spacial score (nSPS) is 11.2. The van der Waals surface area contributed by atoms with E-state index in [1.54, 1.807) is 13.0 Å². The maximum Gasteiger partial charge on any atom is 0.303 e. The maximum absolute atomic E-state index is 12.2. The summed E-state index contributed by atoms with van der Waals surface area (Å²) >= 11 is 0. The van der Waals surface area contributed by atoms with Gasteiger partial charge in [0.15, 0.2) is 0 Å². The molecule has 0 aliphatic heterocycles. The second-order valence-corrected chi connectivity index (χ2v) is 6.89. The summed E-state index contributed by atoms with van der Waals surface area (Å²) in [5.41, 5.74) is 0.863. The first-order chi connectivity index (χ1) is 11.3. The molecule has 1 aromatic rings. The largest absolute Gasteiger partial charge is 0.481 e. The minimum Gasteiger partial charge on any atom is -0.481 e. The van der Waals surface area contributed by atoms with Crippen molar-refractivity contribution in [1.82, 2.24) is 10.0 Å². The Hall–Kier alpha value is -1.97. The molecule has 1 aromatic carbocycles. The zero-order chi connectivity index (χ0) is 18.2. The second kappa shape index (κ2) is 9.36. The Morgan fingerprint density at radius 3 is 2.58 bits per heavy atom. The molecule has 0 radical (unpaired) electrons. The minimum absolute atomic E-state index is 0.0140. The van der Waals surface area contributed by atoms with Crippen molar-refractivity contribution in [2.75, 3.05) is 26.8 Å². The van der Waals surface area contributed by atoms with Crippen LogP contribution in [0, 0.1) is 6.92 Å². The number of amides is 1. The second-order valence-electron chi connectivity index (χ2n) is 5.12. The lowest BCUT2D eigenvalue weighted by atomic mass is 10.1. The standard InChI is InChI=1S/C15H22N2O6S/c1-11-5-6-12(24(21,22)17-8-9-23-2)10-13(11)15(20)16-7-3-4-14(18)19/h5-6,10,17H,3-4,7-9H2,1-2H3,(H,16,20)(H,18,19). The predicted molar refractivity (Wildman–Crippen MR) is 87.4 cm³/mol. The molecule has 24 heavy (non-hydrogen) atoms. The van der Waals surface area contributed by atoms with Crippen LogP contribution in [-0.2, 0) is 19.6 Å². The highest BCUT2D eigenvalue weighted by Gasteiger charge is 2.17. The SMILES string of the molecule is COCCNS(=O)(=O)c1ccc(C)c(C(=O)NCCCC(=O)O)c1. The van der Waals surface area contributed by atoms with Crippen molar-refractivity contribution in [2.45, 2.75) is 24.7 Å². The number of hydrogen-bond acceptors (Lipinski definition) is 5. The quantitative estimate of drug-likeness (QED) is 0.524. The van der Waals surface area contributed by atoms with E-state index in [4.69, 9.17) is 9.84 Å². The van der Waals surface area contributed by atoms with Crippen molar-refractivity contribution in [1.29, 1.82) is 0 Å². The van der Waals surface area contributed by atoms with Crippen molar-refractivity contribution in [3.63, 3.8) is 0 Å². The molecule has 0 atom stereocenters. The van der Waals surface area contributed by atoms with Crippen LogP contribution in [0.1, 0.15) is 28.8 Å². The minimum atomic E-state index is -3.73. The number of carboxylic acid groups (broad SMARTS) is 1. The van der Waals surface area contributed by atoms with Crippen molar-refractivity contribution >= 4 is 21.9 Å². The molecule has 8 nitrogen and oxygen atoms in total. The summed E-state index contributed by atoms with van der Waals surface area (Å²) in [7, 11) is -2.26. The molecule has 134 valence electrons. The molecule has 0 saturated carbocycles. The number of nitrogens with one attached hydrogen (secondary N) is 2. The molecule has 0 aliphatic rings. The number of carboxylic acids is 1. The Morgan fingerprint density at radius 2 is 1.96 bits per heavy atom. The van der Waals surface area contributed by atoms with Crippen LogP contribution >= 0.6 is 0 Å². The molecule has 0 aromatic heterocycles. The molecule has 0 spiro atoms. The maximum atomic E-state index is 12.2. The third-order valence-electron chi connectivity index (χ3n) is 3.22. The van der Waals surface area contributed by atoms with Crippen LogP contribution in [0.25, 0.3) is 0 Å². The zero-order valence-corrected chi connectivity index (χ0v) is 14.5. The first kappa shape index (κ1) is 20.1. The van der Waals surface area contributed by atoms with Gasteiger partial charge in [-0.15, -0.1) is 0 Å². The number of aliphatic carboxylic acids is 1. The van der Waals surface area contributed by atoms with Crippen LogP contribution in [0.4, 0.5) is 0 Å². The van der Waals surface area contributed by atoms with E-state index in [2.05, 4.69) is 10.0 Å². The summed E-state index contributed by atoms with van der Waals surface area (Å²) in [5, 5.41) is 11.1. The van der Waals surface area contributed by atoms with Crippen molar-refractivity contribution in [3.05, 3.63) is 29.3 Å². The Bertz CT molecular complexity index is 687. The number of sulfonamides is 1. The molecule has 0 fully saturated rings. The number of carbonyl (C=O) groups excluding carboxylic acids is 1. The van der Waals surface area contributed by atoms with Crippen LogP contribution in [0.5, 0.6) is 0 Å². The van der Waals surface area contributed by atoms with Crippen molar-refractivity contribution in [3.8, 4) is 0 Å². The number of carbonyl (C=O) groups is 2. The summed E-state index contributed by atoms with van der Waals surface area (Å²) in [6.07, 6.45) is 0.258. The average Bonchev–Trinajstić information content (AvgIpc) is 2.51. The Morgan fingerprint density at radius 1 is 1.25 bits per heavy atom. The fraction of sp³-hybridized carbons (Fsp3) is 0.467. The van der Waals surface area contributed by atoms with Gasteiger partial charge in [-0.05, 0) is 31.0 Å². The molecule has 0 saturated heterocycles. The third kappa shape index (κ3) is 6.26. The van der Waals surface area contributed by atoms with Gasteiger partial charge in [0, 0.05) is 32.2 Å². The van der Waals surface area contributed by atoms with Crippen LogP contribution in [-0.4, -0.2) is 52.2 Å². The van der Waals surface area contributed by atoms with E-state index < -0.39 is 21.9 Å².